The fourth-order valence-corrected chi connectivity index (χ4v) is 4.20. The maximum atomic E-state index is 3.50. The van der Waals surface area contributed by atoms with Crippen molar-refractivity contribution in [3.63, 3.8) is 0 Å². The molecule has 0 amide bonds. The van der Waals surface area contributed by atoms with Crippen LogP contribution in [0, 0.1) is 12.8 Å². The van der Waals surface area contributed by atoms with Crippen LogP contribution in [0.4, 0.5) is 0 Å². The average Bonchev–Trinajstić information content (AvgIpc) is 2.53. The van der Waals surface area contributed by atoms with E-state index in [1.54, 1.807) is 5.56 Å². The van der Waals surface area contributed by atoms with Gasteiger partial charge < -0.3 is 5.32 Å². The lowest BCUT2D eigenvalue weighted by Gasteiger charge is -2.43. The number of nitrogens with zero attached hydrogens (tertiary/aromatic N) is 1. The van der Waals surface area contributed by atoms with Gasteiger partial charge in [-0.1, -0.05) is 42.8 Å². The Labute approximate surface area is 133 Å². The van der Waals surface area contributed by atoms with Crippen molar-refractivity contribution in [2.24, 2.45) is 5.92 Å². The molecule has 1 saturated carbocycles. The molecule has 1 N–H and O–H groups in total. The third kappa shape index (κ3) is 2.45. The van der Waals surface area contributed by atoms with Crippen LogP contribution in [0.1, 0.15) is 36.4 Å². The van der Waals surface area contributed by atoms with Gasteiger partial charge in [-0.15, -0.1) is 0 Å². The zero-order chi connectivity index (χ0) is 14.9. The molecule has 2 aliphatic rings. The highest BCUT2D eigenvalue weighted by Gasteiger charge is 2.34. The third-order valence-corrected chi connectivity index (χ3v) is 5.64. The van der Waals surface area contributed by atoms with Crippen LogP contribution in [0.15, 0.2) is 36.4 Å². The molecule has 116 valence electrons. The smallest absolute Gasteiger partial charge is 0.0383 e. The molecule has 2 heteroatoms. The van der Waals surface area contributed by atoms with E-state index in [0.717, 1.165) is 19.0 Å². The molecule has 1 heterocycles. The zero-order valence-corrected chi connectivity index (χ0v) is 13.5. The van der Waals surface area contributed by atoms with Gasteiger partial charge in [0.05, 0.1) is 0 Å². The van der Waals surface area contributed by atoms with Gasteiger partial charge in [-0.25, -0.2) is 0 Å². The second kappa shape index (κ2) is 6.02. The fourth-order valence-electron chi connectivity index (χ4n) is 4.20. The molecule has 0 spiro atoms. The number of rotatable bonds is 3. The van der Waals surface area contributed by atoms with E-state index >= 15 is 0 Å². The first-order valence-electron chi connectivity index (χ1n) is 8.77. The van der Waals surface area contributed by atoms with Crippen LogP contribution in [-0.2, 0) is 0 Å². The number of piperazine rings is 1. The quantitative estimate of drug-likeness (QED) is 0.924. The summed E-state index contributed by atoms with van der Waals surface area (Å²) in [4.78, 5) is 2.73. The molecule has 1 atom stereocenters. The lowest BCUT2D eigenvalue weighted by molar-refractivity contribution is 0.0846. The summed E-state index contributed by atoms with van der Waals surface area (Å²) in [7, 11) is 0. The molecule has 4 rings (SSSR count). The highest BCUT2D eigenvalue weighted by atomic mass is 15.2. The summed E-state index contributed by atoms with van der Waals surface area (Å²) in [6.45, 7) is 6.86. The fraction of sp³-hybridized carbons (Fsp3) is 0.500. The number of aryl methyl sites for hydroxylation is 1. The Bertz CT molecular complexity index is 654. The summed E-state index contributed by atoms with van der Waals surface area (Å²) >= 11 is 0. The molecule has 2 aromatic carbocycles. The van der Waals surface area contributed by atoms with Crippen LogP contribution in [0.25, 0.3) is 10.8 Å². The number of benzene rings is 2. The van der Waals surface area contributed by atoms with Crippen molar-refractivity contribution in [1.82, 2.24) is 10.2 Å². The Morgan fingerprint density at radius 1 is 1.00 bits per heavy atom. The molecule has 0 aromatic heterocycles. The normalized spacial score (nSPS) is 21.7. The molecule has 1 aliphatic carbocycles. The van der Waals surface area contributed by atoms with Crippen LogP contribution in [0.5, 0.6) is 0 Å². The second-order valence-electron chi connectivity index (χ2n) is 6.94. The molecule has 0 bridgehead atoms. The summed E-state index contributed by atoms with van der Waals surface area (Å²) in [6.07, 6.45) is 4.21. The molecule has 2 nitrogen and oxygen atoms in total. The Kier molecular flexibility index (Phi) is 3.89. The minimum absolute atomic E-state index is 0.612. The van der Waals surface area contributed by atoms with Crippen LogP contribution in [0.3, 0.4) is 0 Å². The van der Waals surface area contributed by atoms with Gasteiger partial charge in [-0.2, -0.15) is 0 Å². The van der Waals surface area contributed by atoms with Gasteiger partial charge in [-0.05, 0) is 47.6 Å². The standard InChI is InChI=1S/C20H26N2/c1-15-9-10-19(18-8-3-2-7-17(15)18)20(16-5-4-6-16)22-13-11-21-12-14-22/h2-3,7-10,16,20-21H,4-6,11-14H2,1H3/t20-/m1/s1. The first-order chi connectivity index (χ1) is 10.8. The predicted molar refractivity (Wildman–Crippen MR) is 93.2 cm³/mol. The molecule has 1 aliphatic heterocycles. The van der Waals surface area contributed by atoms with E-state index in [2.05, 4.69) is 53.5 Å². The minimum atomic E-state index is 0.612. The molecule has 1 saturated heterocycles. The number of fused-ring (bicyclic) bond motifs is 1. The molecule has 22 heavy (non-hydrogen) atoms. The molecular weight excluding hydrogens is 268 g/mol. The predicted octanol–water partition coefficient (Wildman–Crippen LogP) is 3.89. The van der Waals surface area contributed by atoms with Crippen LogP contribution in [-0.4, -0.2) is 31.1 Å². The zero-order valence-electron chi connectivity index (χ0n) is 13.5. The van der Waals surface area contributed by atoms with Crippen molar-refractivity contribution in [3.05, 3.63) is 47.5 Å². The summed E-state index contributed by atoms with van der Waals surface area (Å²) in [6, 6.07) is 14.3. The van der Waals surface area contributed by atoms with Crippen molar-refractivity contribution >= 4 is 10.8 Å². The van der Waals surface area contributed by atoms with Gasteiger partial charge in [0.2, 0.25) is 0 Å². The SMILES string of the molecule is Cc1ccc([C@@H](C2CCC2)N2CCNCC2)c2ccccc12. The topological polar surface area (TPSA) is 15.3 Å². The van der Waals surface area contributed by atoms with E-state index in [0.29, 0.717) is 6.04 Å². The third-order valence-electron chi connectivity index (χ3n) is 5.64. The van der Waals surface area contributed by atoms with Gasteiger partial charge in [0.15, 0.2) is 0 Å². The Balaban J connectivity index is 1.80. The van der Waals surface area contributed by atoms with Crippen LogP contribution in [0.2, 0.25) is 0 Å². The summed E-state index contributed by atoms with van der Waals surface area (Å²) in [5, 5.41) is 6.40. The van der Waals surface area contributed by atoms with Crippen molar-refractivity contribution in [2.75, 3.05) is 26.2 Å². The van der Waals surface area contributed by atoms with Crippen molar-refractivity contribution in [2.45, 2.75) is 32.2 Å². The highest BCUT2D eigenvalue weighted by Crippen LogP contribution is 2.43. The molecular formula is C20H26N2. The monoisotopic (exact) mass is 294 g/mol. The summed E-state index contributed by atoms with van der Waals surface area (Å²) in [5.74, 6) is 0.851. The average molecular weight is 294 g/mol. The number of hydrogen-bond acceptors (Lipinski definition) is 2. The minimum Gasteiger partial charge on any atom is -0.314 e. The maximum absolute atomic E-state index is 3.50. The lowest BCUT2D eigenvalue weighted by atomic mass is 9.75. The number of hydrogen-bond donors (Lipinski definition) is 1. The molecule has 2 aromatic rings. The van der Waals surface area contributed by atoms with E-state index in [9.17, 15) is 0 Å². The van der Waals surface area contributed by atoms with Crippen molar-refractivity contribution in [1.29, 1.82) is 0 Å². The van der Waals surface area contributed by atoms with Gasteiger partial charge in [0.25, 0.3) is 0 Å². The second-order valence-corrected chi connectivity index (χ2v) is 6.94. The lowest BCUT2D eigenvalue weighted by Crippen LogP contribution is -2.47. The molecule has 2 fully saturated rings. The van der Waals surface area contributed by atoms with Crippen molar-refractivity contribution < 1.29 is 0 Å². The maximum Gasteiger partial charge on any atom is 0.0383 e. The van der Waals surface area contributed by atoms with E-state index < -0.39 is 0 Å². The largest absolute Gasteiger partial charge is 0.314 e. The van der Waals surface area contributed by atoms with Crippen LogP contribution >= 0.6 is 0 Å². The van der Waals surface area contributed by atoms with Gasteiger partial charge in [0, 0.05) is 32.2 Å². The van der Waals surface area contributed by atoms with Gasteiger partial charge in [0.1, 0.15) is 0 Å². The van der Waals surface area contributed by atoms with Crippen molar-refractivity contribution in [3.8, 4) is 0 Å². The van der Waals surface area contributed by atoms with Gasteiger partial charge in [-0.3, -0.25) is 4.90 Å². The van der Waals surface area contributed by atoms with E-state index in [1.165, 1.54) is 48.7 Å². The first-order valence-corrected chi connectivity index (χ1v) is 8.77. The van der Waals surface area contributed by atoms with Crippen LogP contribution < -0.4 is 5.32 Å². The Morgan fingerprint density at radius 3 is 2.41 bits per heavy atom. The van der Waals surface area contributed by atoms with E-state index in [1.807, 2.05) is 0 Å². The highest BCUT2D eigenvalue weighted by molar-refractivity contribution is 5.89. The summed E-state index contributed by atoms with van der Waals surface area (Å²) < 4.78 is 0. The first kappa shape index (κ1) is 14.2. The van der Waals surface area contributed by atoms with E-state index in [4.69, 9.17) is 0 Å². The Morgan fingerprint density at radius 2 is 1.73 bits per heavy atom. The number of nitrogens with one attached hydrogen (secondary N) is 1. The molecule has 0 unspecified atom stereocenters. The van der Waals surface area contributed by atoms with Gasteiger partial charge >= 0.3 is 0 Å². The molecule has 0 radical (unpaired) electrons. The summed E-state index contributed by atoms with van der Waals surface area (Å²) in [5.41, 5.74) is 2.96. The van der Waals surface area contributed by atoms with E-state index in [-0.39, 0.29) is 0 Å². The Hall–Kier alpha value is -1.38.